The van der Waals surface area contributed by atoms with E-state index in [1.807, 2.05) is 11.9 Å². The molecule has 0 unspecified atom stereocenters. The van der Waals surface area contributed by atoms with E-state index in [-0.39, 0.29) is 6.03 Å². The molecule has 0 aromatic carbocycles. The molecule has 2 fully saturated rings. The van der Waals surface area contributed by atoms with E-state index in [9.17, 15) is 4.79 Å². The first kappa shape index (κ1) is 8.81. The van der Waals surface area contributed by atoms with E-state index < -0.39 is 0 Å². The Morgan fingerprint density at radius 1 is 1.46 bits per heavy atom. The van der Waals surface area contributed by atoms with Gasteiger partial charge >= 0.3 is 6.03 Å². The highest BCUT2D eigenvalue weighted by atomic mass is 16.2. The number of hydrogen-bond acceptors (Lipinski definition) is 2. The zero-order chi connectivity index (χ0) is 9.47. The smallest absolute Gasteiger partial charge is 0.319 e. The number of nitrogens with zero attached hydrogens (tertiary/aromatic N) is 2. The fourth-order valence-electron chi connectivity index (χ4n) is 1.97. The van der Waals surface area contributed by atoms with Gasteiger partial charge in [0.15, 0.2) is 0 Å². The minimum absolute atomic E-state index is 0.188. The highest BCUT2D eigenvalue weighted by molar-refractivity contribution is 5.76. The van der Waals surface area contributed by atoms with Crippen molar-refractivity contribution in [2.75, 3.05) is 39.8 Å². The van der Waals surface area contributed by atoms with Gasteiger partial charge in [0.25, 0.3) is 0 Å². The Hall–Kier alpha value is -0.770. The second-order valence-corrected chi connectivity index (χ2v) is 4.54. The van der Waals surface area contributed by atoms with Crippen molar-refractivity contribution in [3.05, 3.63) is 0 Å². The third-order valence-corrected chi connectivity index (χ3v) is 2.98. The molecule has 2 saturated heterocycles. The van der Waals surface area contributed by atoms with E-state index >= 15 is 0 Å². The summed E-state index contributed by atoms with van der Waals surface area (Å²) in [4.78, 5) is 15.3. The number of carbonyl (C=O) groups excluding carboxylic acids is 1. The molecule has 1 N–H and O–H groups in total. The Labute approximate surface area is 78.9 Å². The molecule has 0 radical (unpaired) electrons. The van der Waals surface area contributed by atoms with Crippen LogP contribution in [0, 0.1) is 5.41 Å². The highest BCUT2D eigenvalue weighted by Crippen LogP contribution is 2.24. The first-order valence-electron chi connectivity index (χ1n) is 4.82. The van der Waals surface area contributed by atoms with Crippen LogP contribution in [-0.4, -0.2) is 55.6 Å². The molecule has 2 rings (SSSR count). The van der Waals surface area contributed by atoms with Crippen molar-refractivity contribution < 1.29 is 4.79 Å². The van der Waals surface area contributed by atoms with Gasteiger partial charge in [-0.05, 0) is 0 Å². The lowest BCUT2D eigenvalue weighted by Crippen LogP contribution is -2.57. The standard InChI is InChI=1S/C9H17N3O/c1-9(5-10-6-9)7-12-4-3-11(2)8(12)13/h10H,3-7H2,1-2H3. The van der Waals surface area contributed by atoms with Crippen LogP contribution in [-0.2, 0) is 0 Å². The van der Waals surface area contributed by atoms with Gasteiger partial charge in [-0.15, -0.1) is 0 Å². The van der Waals surface area contributed by atoms with Crippen LogP contribution in [0.25, 0.3) is 0 Å². The molecule has 2 aliphatic heterocycles. The summed E-state index contributed by atoms with van der Waals surface area (Å²) in [5.74, 6) is 0. The van der Waals surface area contributed by atoms with Crippen molar-refractivity contribution in [2.45, 2.75) is 6.92 Å². The largest absolute Gasteiger partial charge is 0.326 e. The third kappa shape index (κ3) is 1.50. The van der Waals surface area contributed by atoms with Crippen LogP contribution in [0.4, 0.5) is 4.79 Å². The fraction of sp³-hybridized carbons (Fsp3) is 0.889. The van der Waals surface area contributed by atoms with Crippen molar-refractivity contribution in [2.24, 2.45) is 5.41 Å². The summed E-state index contributed by atoms with van der Waals surface area (Å²) in [6.07, 6.45) is 0. The summed E-state index contributed by atoms with van der Waals surface area (Å²) in [7, 11) is 1.86. The van der Waals surface area contributed by atoms with E-state index in [2.05, 4.69) is 12.2 Å². The second-order valence-electron chi connectivity index (χ2n) is 4.54. The van der Waals surface area contributed by atoms with Crippen molar-refractivity contribution >= 4 is 6.03 Å². The number of rotatable bonds is 2. The van der Waals surface area contributed by atoms with Gasteiger partial charge < -0.3 is 15.1 Å². The summed E-state index contributed by atoms with van der Waals surface area (Å²) in [5, 5.41) is 3.25. The molecule has 4 nitrogen and oxygen atoms in total. The Bertz CT molecular complexity index is 225. The summed E-state index contributed by atoms with van der Waals surface area (Å²) in [6.45, 7) is 6.99. The molecule has 0 atom stereocenters. The highest BCUT2D eigenvalue weighted by Gasteiger charge is 2.37. The molecule has 2 heterocycles. The molecule has 13 heavy (non-hydrogen) atoms. The Morgan fingerprint density at radius 3 is 2.54 bits per heavy atom. The van der Waals surface area contributed by atoms with Gasteiger partial charge in [0.2, 0.25) is 0 Å². The number of likely N-dealkylation sites (N-methyl/N-ethyl adjacent to an activating group) is 1. The maximum atomic E-state index is 11.6. The van der Waals surface area contributed by atoms with Gasteiger partial charge in [0, 0.05) is 45.2 Å². The molecule has 0 spiro atoms. The molecular formula is C9H17N3O. The van der Waals surface area contributed by atoms with Crippen LogP contribution < -0.4 is 5.32 Å². The van der Waals surface area contributed by atoms with E-state index in [0.717, 1.165) is 32.7 Å². The lowest BCUT2D eigenvalue weighted by molar-refractivity contribution is 0.128. The molecule has 4 heteroatoms. The molecular weight excluding hydrogens is 166 g/mol. The summed E-state index contributed by atoms with van der Waals surface area (Å²) in [5.41, 5.74) is 0.320. The van der Waals surface area contributed by atoms with E-state index in [1.54, 1.807) is 4.90 Å². The zero-order valence-corrected chi connectivity index (χ0v) is 8.34. The zero-order valence-electron chi connectivity index (χ0n) is 8.34. The topological polar surface area (TPSA) is 35.6 Å². The Morgan fingerprint density at radius 2 is 2.15 bits per heavy atom. The molecule has 74 valence electrons. The minimum Gasteiger partial charge on any atom is -0.326 e. The average Bonchev–Trinajstić information content (AvgIpc) is 2.33. The van der Waals surface area contributed by atoms with Gasteiger partial charge in [-0.3, -0.25) is 0 Å². The first-order valence-corrected chi connectivity index (χ1v) is 4.82. The molecule has 0 aliphatic carbocycles. The number of nitrogens with one attached hydrogen (secondary N) is 1. The number of carbonyl (C=O) groups is 1. The quantitative estimate of drug-likeness (QED) is 0.652. The lowest BCUT2D eigenvalue weighted by atomic mass is 9.84. The van der Waals surface area contributed by atoms with E-state index in [4.69, 9.17) is 0 Å². The van der Waals surface area contributed by atoms with E-state index in [0.29, 0.717) is 5.41 Å². The van der Waals surface area contributed by atoms with Crippen LogP contribution in [0.5, 0.6) is 0 Å². The molecule has 2 amide bonds. The molecule has 0 saturated carbocycles. The van der Waals surface area contributed by atoms with Crippen molar-refractivity contribution in [3.8, 4) is 0 Å². The predicted molar refractivity (Wildman–Crippen MR) is 50.6 cm³/mol. The van der Waals surface area contributed by atoms with Crippen LogP contribution in [0.3, 0.4) is 0 Å². The molecule has 2 aliphatic rings. The van der Waals surface area contributed by atoms with Crippen molar-refractivity contribution in [3.63, 3.8) is 0 Å². The maximum Gasteiger partial charge on any atom is 0.319 e. The Balaban J connectivity index is 1.92. The number of hydrogen-bond donors (Lipinski definition) is 1. The monoisotopic (exact) mass is 183 g/mol. The minimum atomic E-state index is 0.188. The number of urea groups is 1. The van der Waals surface area contributed by atoms with Gasteiger partial charge in [0.1, 0.15) is 0 Å². The summed E-state index contributed by atoms with van der Waals surface area (Å²) < 4.78 is 0. The predicted octanol–water partition coefficient (Wildman–Crippen LogP) is -0.0367. The van der Waals surface area contributed by atoms with Crippen molar-refractivity contribution in [1.82, 2.24) is 15.1 Å². The van der Waals surface area contributed by atoms with Crippen molar-refractivity contribution in [1.29, 1.82) is 0 Å². The summed E-state index contributed by atoms with van der Waals surface area (Å²) in [6, 6.07) is 0.188. The van der Waals surface area contributed by atoms with Crippen LogP contribution in [0.1, 0.15) is 6.92 Å². The van der Waals surface area contributed by atoms with Gasteiger partial charge in [-0.2, -0.15) is 0 Å². The van der Waals surface area contributed by atoms with Gasteiger partial charge in [-0.25, -0.2) is 4.79 Å². The maximum absolute atomic E-state index is 11.6. The Kier molecular flexibility index (Phi) is 1.95. The first-order chi connectivity index (χ1) is 6.11. The number of amides is 2. The average molecular weight is 183 g/mol. The third-order valence-electron chi connectivity index (χ3n) is 2.98. The van der Waals surface area contributed by atoms with Crippen LogP contribution in [0.15, 0.2) is 0 Å². The molecule has 0 bridgehead atoms. The van der Waals surface area contributed by atoms with E-state index in [1.165, 1.54) is 0 Å². The van der Waals surface area contributed by atoms with Gasteiger partial charge in [0.05, 0.1) is 0 Å². The lowest BCUT2D eigenvalue weighted by Gasteiger charge is -2.41. The summed E-state index contributed by atoms with van der Waals surface area (Å²) >= 11 is 0. The fourth-order valence-corrected chi connectivity index (χ4v) is 1.97. The molecule has 0 aromatic rings. The van der Waals surface area contributed by atoms with Crippen LogP contribution in [0.2, 0.25) is 0 Å². The SMILES string of the molecule is CN1CCN(CC2(C)CNC2)C1=O. The second kappa shape index (κ2) is 2.87. The van der Waals surface area contributed by atoms with Crippen LogP contribution >= 0.6 is 0 Å². The molecule has 0 aromatic heterocycles. The van der Waals surface area contributed by atoms with Gasteiger partial charge in [-0.1, -0.05) is 6.92 Å². The normalized spacial score (nSPS) is 26.5.